The summed E-state index contributed by atoms with van der Waals surface area (Å²) in [4.78, 5) is 23.0. The second-order valence-corrected chi connectivity index (χ2v) is 6.14. The standard InChI is InChI=1S/C16H19N5O/c1-10-4-5-11(2)21(9-10)15-14-13(20(3)16(22)19-15)7-6-12(8-17)18-14/h6-7,10-11H,4-5,9H2,1-3H3/t10-,11+/m0/s1. The molecule has 6 heteroatoms. The van der Waals surface area contributed by atoms with Gasteiger partial charge < -0.3 is 4.90 Å². The average molecular weight is 297 g/mol. The van der Waals surface area contributed by atoms with Crippen molar-refractivity contribution in [2.75, 3.05) is 11.4 Å². The maximum Gasteiger partial charge on any atom is 0.349 e. The molecule has 1 aliphatic rings. The van der Waals surface area contributed by atoms with Crippen molar-refractivity contribution in [3.63, 3.8) is 0 Å². The van der Waals surface area contributed by atoms with E-state index in [2.05, 4.69) is 34.8 Å². The van der Waals surface area contributed by atoms with Crippen LogP contribution in [0.15, 0.2) is 16.9 Å². The maximum absolute atomic E-state index is 12.2. The molecule has 0 radical (unpaired) electrons. The summed E-state index contributed by atoms with van der Waals surface area (Å²) in [5.41, 5.74) is 1.38. The number of hydrogen-bond donors (Lipinski definition) is 0. The Hall–Kier alpha value is -2.42. The molecule has 1 fully saturated rings. The highest BCUT2D eigenvalue weighted by Gasteiger charge is 2.27. The number of nitriles is 1. The van der Waals surface area contributed by atoms with E-state index < -0.39 is 0 Å². The molecule has 1 aliphatic heterocycles. The Morgan fingerprint density at radius 1 is 1.27 bits per heavy atom. The van der Waals surface area contributed by atoms with E-state index in [1.54, 1.807) is 19.2 Å². The summed E-state index contributed by atoms with van der Waals surface area (Å²) in [6.07, 6.45) is 2.24. The number of piperidine rings is 1. The molecule has 0 bridgehead atoms. The molecular formula is C16H19N5O. The van der Waals surface area contributed by atoms with Crippen LogP contribution in [-0.4, -0.2) is 27.1 Å². The predicted molar refractivity (Wildman–Crippen MR) is 84.7 cm³/mol. The van der Waals surface area contributed by atoms with Crippen LogP contribution in [0.5, 0.6) is 0 Å². The van der Waals surface area contributed by atoms with Gasteiger partial charge in [0.05, 0.1) is 5.52 Å². The first-order valence-corrected chi connectivity index (χ1v) is 7.55. The number of aromatic nitrogens is 3. The summed E-state index contributed by atoms with van der Waals surface area (Å²) >= 11 is 0. The van der Waals surface area contributed by atoms with Crippen molar-refractivity contribution in [1.82, 2.24) is 14.5 Å². The first-order valence-electron chi connectivity index (χ1n) is 7.55. The second-order valence-electron chi connectivity index (χ2n) is 6.14. The summed E-state index contributed by atoms with van der Waals surface area (Å²) in [5, 5.41) is 9.10. The minimum atomic E-state index is -0.292. The van der Waals surface area contributed by atoms with E-state index in [0.717, 1.165) is 13.0 Å². The van der Waals surface area contributed by atoms with E-state index in [4.69, 9.17) is 5.26 Å². The Bertz CT molecular complexity index is 820. The van der Waals surface area contributed by atoms with E-state index >= 15 is 0 Å². The van der Waals surface area contributed by atoms with Crippen molar-refractivity contribution in [2.24, 2.45) is 13.0 Å². The largest absolute Gasteiger partial charge is 0.352 e. The second kappa shape index (κ2) is 5.41. The minimum absolute atomic E-state index is 0.292. The van der Waals surface area contributed by atoms with E-state index in [-0.39, 0.29) is 5.69 Å². The van der Waals surface area contributed by atoms with Crippen molar-refractivity contribution in [3.8, 4) is 6.07 Å². The lowest BCUT2D eigenvalue weighted by atomic mass is 9.95. The van der Waals surface area contributed by atoms with Gasteiger partial charge in [-0.2, -0.15) is 10.2 Å². The smallest absolute Gasteiger partial charge is 0.349 e. The van der Waals surface area contributed by atoms with Gasteiger partial charge in [0.2, 0.25) is 0 Å². The van der Waals surface area contributed by atoms with Crippen LogP contribution in [0.3, 0.4) is 0 Å². The van der Waals surface area contributed by atoms with Crippen LogP contribution >= 0.6 is 0 Å². The number of hydrogen-bond acceptors (Lipinski definition) is 5. The van der Waals surface area contributed by atoms with E-state index in [9.17, 15) is 4.79 Å². The lowest BCUT2D eigenvalue weighted by Gasteiger charge is -2.37. The zero-order valence-corrected chi connectivity index (χ0v) is 13.1. The Labute approximate surface area is 129 Å². The third-order valence-electron chi connectivity index (χ3n) is 4.44. The molecule has 0 aliphatic carbocycles. The number of aryl methyl sites for hydroxylation is 1. The average Bonchev–Trinajstić information content (AvgIpc) is 2.53. The number of fused-ring (bicyclic) bond motifs is 1. The van der Waals surface area contributed by atoms with Gasteiger partial charge in [-0.25, -0.2) is 9.78 Å². The van der Waals surface area contributed by atoms with Gasteiger partial charge in [0.25, 0.3) is 0 Å². The Kier molecular flexibility index (Phi) is 3.57. The minimum Gasteiger partial charge on any atom is -0.352 e. The van der Waals surface area contributed by atoms with Gasteiger partial charge in [-0.05, 0) is 37.8 Å². The molecule has 1 saturated heterocycles. The van der Waals surface area contributed by atoms with E-state index in [0.29, 0.717) is 34.5 Å². The highest BCUT2D eigenvalue weighted by atomic mass is 16.1. The van der Waals surface area contributed by atoms with Crippen molar-refractivity contribution in [3.05, 3.63) is 28.3 Å². The quantitative estimate of drug-likeness (QED) is 0.802. The Balaban J connectivity index is 2.26. The van der Waals surface area contributed by atoms with Crippen molar-refractivity contribution in [1.29, 1.82) is 5.26 Å². The topological polar surface area (TPSA) is 74.8 Å². The van der Waals surface area contributed by atoms with Crippen LogP contribution in [-0.2, 0) is 7.05 Å². The zero-order valence-electron chi connectivity index (χ0n) is 13.1. The molecule has 3 rings (SSSR count). The molecule has 22 heavy (non-hydrogen) atoms. The van der Waals surface area contributed by atoms with Crippen LogP contribution in [0.4, 0.5) is 5.82 Å². The molecule has 0 N–H and O–H groups in total. The molecule has 0 amide bonds. The van der Waals surface area contributed by atoms with E-state index in [1.165, 1.54) is 11.0 Å². The van der Waals surface area contributed by atoms with Gasteiger partial charge >= 0.3 is 5.69 Å². The highest BCUT2D eigenvalue weighted by molar-refractivity contribution is 5.86. The third-order valence-corrected chi connectivity index (χ3v) is 4.44. The van der Waals surface area contributed by atoms with Crippen LogP contribution in [0.1, 0.15) is 32.4 Å². The molecule has 0 spiro atoms. The fraction of sp³-hybridized carbons (Fsp3) is 0.500. The maximum atomic E-state index is 12.2. The molecule has 2 aromatic rings. The lowest BCUT2D eigenvalue weighted by Crippen LogP contribution is -2.43. The van der Waals surface area contributed by atoms with Gasteiger partial charge in [-0.15, -0.1) is 0 Å². The summed E-state index contributed by atoms with van der Waals surface area (Å²) in [7, 11) is 1.68. The highest BCUT2D eigenvalue weighted by Crippen LogP contribution is 2.29. The molecule has 3 heterocycles. The van der Waals surface area contributed by atoms with Crippen LogP contribution in [0.2, 0.25) is 0 Å². The fourth-order valence-electron chi connectivity index (χ4n) is 3.05. The van der Waals surface area contributed by atoms with Crippen LogP contribution in [0.25, 0.3) is 11.0 Å². The van der Waals surface area contributed by atoms with Crippen molar-refractivity contribution in [2.45, 2.75) is 32.7 Å². The van der Waals surface area contributed by atoms with Gasteiger partial charge in [0.15, 0.2) is 5.82 Å². The van der Waals surface area contributed by atoms with Crippen molar-refractivity contribution >= 4 is 16.9 Å². The van der Waals surface area contributed by atoms with E-state index in [1.807, 2.05) is 0 Å². The molecule has 6 nitrogen and oxygen atoms in total. The zero-order chi connectivity index (χ0) is 15.9. The van der Waals surface area contributed by atoms with Crippen LogP contribution < -0.4 is 10.6 Å². The molecule has 2 atom stereocenters. The number of nitrogens with zero attached hydrogens (tertiary/aromatic N) is 5. The Morgan fingerprint density at radius 3 is 2.77 bits per heavy atom. The van der Waals surface area contributed by atoms with Crippen LogP contribution in [0, 0.1) is 17.2 Å². The predicted octanol–water partition coefficient (Wildman–Crippen LogP) is 1.82. The normalized spacial score (nSPS) is 21.8. The molecule has 0 unspecified atom stereocenters. The lowest BCUT2D eigenvalue weighted by molar-refractivity contribution is 0.388. The summed E-state index contributed by atoms with van der Waals surface area (Å²) in [6, 6.07) is 5.77. The monoisotopic (exact) mass is 297 g/mol. The van der Waals surface area contributed by atoms with Gasteiger partial charge in [-0.1, -0.05) is 6.92 Å². The van der Waals surface area contributed by atoms with Gasteiger partial charge in [0.1, 0.15) is 17.3 Å². The van der Waals surface area contributed by atoms with Gasteiger partial charge in [0, 0.05) is 19.6 Å². The first kappa shape index (κ1) is 14.5. The number of rotatable bonds is 1. The summed E-state index contributed by atoms with van der Waals surface area (Å²) < 4.78 is 1.48. The number of pyridine rings is 1. The summed E-state index contributed by atoms with van der Waals surface area (Å²) in [6.45, 7) is 5.20. The van der Waals surface area contributed by atoms with Gasteiger partial charge in [-0.3, -0.25) is 4.57 Å². The molecule has 0 aromatic carbocycles. The Morgan fingerprint density at radius 2 is 2.05 bits per heavy atom. The fourth-order valence-corrected chi connectivity index (χ4v) is 3.05. The summed E-state index contributed by atoms with van der Waals surface area (Å²) in [5.74, 6) is 1.16. The SMILES string of the molecule is C[C@H]1CC[C@@H](C)N(c2nc(=O)n(C)c3ccc(C#N)nc23)C1. The molecule has 114 valence electrons. The molecule has 2 aromatic heterocycles. The molecule has 0 saturated carbocycles. The molecular weight excluding hydrogens is 278 g/mol. The first-order chi connectivity index (χ1) is 10.5. The number of anilines is 1. The third kappa shape index (κ3) is 2.33. The van der Waals surface area contributed by atoms with Crippen molar-refractivity contribution < 1.29 is 0 Å².